The summed E-state index contributed by atoms with van der Waals surface area (Å²) in [6, 6.07) is 13.8. The van der Waals surface area contributed by atoms with E-state index in [9.17, 15) is 22.7 Å². The Hall–Kier alpha value is -3.24. The molecular weight excluding hydrogens is 564 g/mol. The molecule has 1 heterocycles. The van der Waals surface area contributed by atoms with Crippen LogP contribution in [0.3, 0.4) is 0 Å². The molecule has 0 bridgehead atoms. The minimum absolute atomic E-state index is 0.0498. The second-order valence-electron chi connectivity index (χ2n) is 9.82. The van der Waals surface area contributed by atoms with Gasteiger partial charge < -0.3 is 10.0 Å². The van der Waals surface area contributed by atoms with Crippen molar-refractivity contribution in [3.8, 4) is 28.2 Å². The first-order valence-electron chi connectivity index (χ1n) is 11.7. The van der Waals surface area contributed by atoms with Gasteiger partial charge in [0.15, 0.2) is 9.84 Å². The Balaban J connectivity index is 1.88. The largest absolute Gasteiger partial charge is 0.384 e. The summed E-state index contributed by atoms with van der Waals surface area (Å²) in [5.41, 5.74) is 0.603. The van der Waals surface area contributed by atoms with Gasteiger partial charge in [-0.15, -0.1) is 0 Å². The van der Waals surface area contributed by atoms with Crippen molar-refractivity contribution in [1.82, 2.24) is 14.5 Å². The summed E-state index contributed by atoms with van der Waals surface area (Å²) in [6.07, 6.45) is 2.60. The number of carbonyl (C=O) groups is 1. The number of imidazole rings is 1. The molecule has 1 amide bonds. The molecule has 0 radical (unpaired) electrons. The summed E-state index contributed by atoms with van der Waals surface area (Å²) in [6.45, 7) is 3.11. The normalized spacial score (nSPS) is 12.0. The third-order valence-electron chi connectivity index (χ3n) is 6.08. The lowest BCUT2D eigenvalue weighted by atomic mass is 10.0. The van der Waals surface area contributed by atoms with Crippen LogP contribution < -0.4 is 0 Å². The fourth-order valence-corrected chi connectivity index (χ4v) is 5.47. The number of hydrogen-bond acceptors (Lipinski definition) is 5. The SMILES string of the molecule is CN(C)C(=O)c1ccc(-c2ccc(-n3cc(C(C)(C)O)nc3-c3c(F)cccc3Cl)c(Cl)c2)cc1S(C)(=O)=O. The van der Waals surface area contributed by atoms with E-state index < -0.39 is 27.2 Å². The van der Waals surface area contributed by atoms with Crippen LogP contribution in [0.4, 0.5) is 4.39 Å². The van der Waals surface area contributed by atoms with E-state index in [1.165, 1.54) is 35.2 Å². The highest BCUT2D eigenvalue weighted by atomic mass is 35.5. The molecule has 0 aliphatic carbocycles. The van der Waals surface area contributed by atoms with E-state index in [0.29, 0.717) is 16.8 Å². The summed E-state index contributed by atoms with van der Waals surface area (Å²) >= 11 is 13.0. The summed E-state index contributed by atoms with van der Waals surface area (Å²) in [7, 11) is -0.635. The number of aromatic nitrogens is 2. The van der Waals surface area contributed by atoms with Crippen molar-refractivity contribution in [3.05, 3.63) is 87.9 Å². The van der Waals surface area contributed by atoms with Gasteiger partial charge in [-0.25, -0.2) is 17.8 Å². The smallest absolute Gasteiger partial charge is 0.254 e. The van der Waals surface area contributed by atoms with Crippen LogP contribution in [0.2, 0.25) is 10.0 Å². The quantitative estimate of drug-likeness (QED) is 0.298. The molecule has 4 aromatic rings. The zero-order valence-electron chi connectivity index (χ0n) is 21.8. The molecule has 204 valence electrons. The number of sulfone groups is 1. The van der Waals surface area contributed by atoms with Gasteiger partial charge in [0.05, 0.1) is 37.4 Å². The highest BCUT2D eigenvalue weighted by Gasteiger charge is 2.26. The topological polar surface area (TPSA) is 92.5 Å². The van der Waals surface area contributed by atoms with Crippen LogP contribution in [0.5, 0.6) is 0 Å². The number of nitrogens with zero attached hydrogens (tertiary/aromatic N) is 3. The van der Waals surface area contributed by atoms with Crippen LogP contribution in [0.15, 0.2) is 65.7 Å². The molecule has 0 aliphatic rings. The van der Waals surface area contributed by atoms with Crippen molar-refractivity contribution < 1.29 is 22.7 Å². The molecule has 1 N–H and O–H groups in total. The maximum Gasteiger partial charge on any atom is 0.254 e. The van der Waals surface area contributed by atoms with Crippen LogP contribution in [0.25, 0.3) is 28.2 Å². The first kappa shape index (κ1) is 28.8. The number of halogens is 3. The maximum atomic E-state index is 14.9. The van der Waals surface area contributed by atoms with Crippen LogP contribution in [-0.4, -0.2) is 54.2 Å². The van der Waals surface area contributed by atoms with E-state index in [1.807, 2.05) is 0 Å². The molecule has 0 spiro atoms. The average Bonchev–Trinajstić information content (AvgIpc) is 3.27. The predicted octanol–water partition coefficient (Wildman–Crippen LogP) is 5.98. The fourth-order valence-electron chi connectivity index (χ4n) is 4.05. The molecule has 1 aromatic heterocycles. The highest BCUT2D eigenvalue weighted by Crippen LogP contribution is 2.37. The molecule has 0 saturated carbocycles. The zero-order chi connectivity index (χ0) is 28.9. The summed E-state index contributed by atoms with van der Waals surface area (Å²) in [4.78, 5) is 18.3. The van der Waals surface area contributed by atoms with Gasteiger partial charge in [-0.2, -0.15) is 0 Å². The molecule has 7 nitrogen and oxygen atoms in total. The number of carbonyl (C=O) groups excluding carboxylic acids is 1. The third-order valence-corrected chi connectivity index (χ3v) is 7.83. The Kier molecular flexibility index (Phi) is 7.66. The molecule has 0 unspecified atom stereocenters. The minimum atomic E-state index is -3.72. The Bertz CT molecular complexity index is 1690. The molecule has 0 fully saturated rings. The molecule has 0 atom stereocenters. The van der Waals surface area contributed by atoms with Gasteiger partial charge in [0.1, 0.15) is 17.2 Å². The van der Waals surface area contributed by atoms with Crippen LogP contribution in [-0.2, 0) is 15.4 Å². The predicted molar refractivity (Wildman–Crippen MR) is 151 cm³/mol. The Morgan fingerprint density at radius 1 is 1.03 bits per heavy atom. The van der Waals surface area contributed by atoms with Gasteiger partial charge in [-0.1, -0.05) is 41.4 Å². The molecule has 3 aromatic carbocycles. The van der Waals surface area contributed by atoms with Gasteiger partial charge in [-0.3, -0.25) is 9.36 Å². The number of benzene rings is 3. The summed E-state index contributed by atoms with van der Waals surface area (Å²) in [5.74, 6) is -0.877. The van der Waals surface area contributed by atoms with E-state index in [-0.39, 0.29) is 37.6 Å². The molecule has 4 rings (SSSR count). The van der Waals surface area contributed by atoms with Crippen LogP contribution in [0, 0.1) is 5.82 Å². The van der Waals surface area contributed by atoms with Crippen molar-refractivity contribution >= 4 is 38.9 Å². The highest BCUT2D eigenvalue weighted by molar-refractivity contribution is 7.90. The molecule has 0 saturated heterocycles. The van der Waals surface area contributed by atoms with Crippen molar-refractivity contribution in [3.63, 3.8) is 0 Å². The van der Waals surface area contributed by atoms with Gasteiger partial charge in [-0.05, 0) is 61.4 Å². The Morgan fingerprint density at radius 2 is 1.67 bits per heavy atom. The summed E-state index contributed by atoms with van der Waals surface area (Å²) in [5, 5.41) is 11.0. The molecule has 39 heavy (non-hydrogen) atoms. The number of rotatable bonds is 6. The first-order valence-corrected chi connectivity index (χ1v) is 14.4. The maximum absolute atomic E-state index is 14.9. The monoisotopic (exact) mass is 589 g/mol. The number of hydrogen-bond donors (Lipinski definition) is 1. The van der Waals surface area contributed by atoms with Gasteiger partial charge in [0, 0.05) is 26.5 Å². The first-order chi connectivity index (χ1) is 18.1. The molecule has 11 heteroatoms. The van der Waals surface area contributed by atoms with Crippen molar-refractivity contribution in [1.29, 1.82) is 0 Å². The van der Waals surface area contributed by atoms with Gasteiger partial charge in [0.25, 0.3) is 5.91 Å². The Morgan fingerprint density at radius 3 is 2.23 bits per heavy atom. The second-order valence-corrected chi connectivity index (χ2v) is 12.6. The third kappa shape index (κ3) is 5.72. The van der Waals surface area contributed by atoms with Crippen LogP contribution in [0.1, 0.15) is 29.9 Å². The fraction of sp³-hybridized carbons (Fsp3) is 0.214. The van der Waals surface area contributed by atoms with Crippen LogP contribution >= 0.6 is 23.2 Å². The number of amides is 1. The zero-order valence-corrected chi connectivity index (χ0v) is 24.2. The van der Waals surface area contributed by atoms with E-state index in [2.05, 4.69) is 4.98 Å². The lowest BCUT2D eigenvalue weighted by Gasteiger charge is -2.16. The Labute approximate surface area is 236 Å². The van der Waals surface area contributed by atoms with Crippen molar-refractivity contribution in [2.75, 3.05) is 20.4 Å². The average molecular weight is 591 g/mol. The van der Waals surface area contributed by atoms with Gasteiger partial charge in [0.2, 0.25) is 0 Å². The summed E-state index contributed by atoms with van der Waals surface area (Å²) < 4.78 is 41.5. The van der Waals surface area contributed by atoms with Crippen molar-refractivity contribution in [2.45, 2.75) is 24.3 Å². The lowest BCUT2D eigenvalue weighted by molar-refractivity contribution is 0.0742. The molecular formula is C28H26Cl2FN3O4S. The van der Waals surface area contributed by atoms with E-state index >= 15 is 0 Å². The molecule has 0 aliphatic heterocycles. The lowest BCUT2D eigenvalue weighted by Crippen LogP contribution is -2.23. The van der Waals surface area contributed by atoms with Gasteiger partial charge >= 0.3 is 0 Å². The number of aliphatic hydroxyl groups is 1. The second kappa shape index (κ2) is 10.4. The van der Waals surface area contributed by atoms with E-state index in [1.54, 1.807) is 63.0 Å². The van der Waals surface area contributed by atoms with E-state index in [4.69, 9.17) is 23.2 Å². The standard InChI is InChI=1S/C28H26Cl2FN3O4S/c1-28(2,36)24-15-34(26(32-24)25-19(29)7-6-8-21(25)31)22-12-10-16(13-20(22)30)17-9-11-18(27(35)33(3)4)23(14-17)39(5,37)38/h6-15,36H,1-5H3. The van der Waals surface area contributed by atoms with Crippen molar-refractivity contribution in [2.24, 2.45) is 0 Å². The van der Waals surface area contributed by atoms with E-state index in [0.717, 1.165) is 6.26 Å². The minimum Gasteiger partial charge on any atom is -0.384 e.